The number of halogens is 2. The van der Waals surface area contributed by atoms with Crippen LogP contribution in [-0.4, -0.2) is 0 Å². The van der Waals surface area contributed by atoms with Gasteiger partial charge in [-0.3, -0.25) is 0 Å². The second-order valence-electron chi connectivity index (χ2n) is 11.9. The van der Waals surface area contributed by atoms with Crippen molar-refractivity contribution in [1.82, 2.24) is 0 Å². The van der Waals surface area contributed by atoms with Gasteiger partial charge in [0.2, 0.25) is 0 Å². The van der Waals surface area contributed by atoms with E-state index in [0.29, 0.717) is 6.25 Å². The molecule has 4 rings (SSSR count). The normalized spacial score (nSPS) is 30.9. The van der Waals surface area contributed by atoms with Crippen LogP contribution < -0.4 is 24.8 Å². The summed E-state index contributed by atoms with van der Waals surface area (Å²) in [5.41, 5.74) is 7.31. The van der Waals surface area contributed by atoms with E-state index < -0.39 is 23.2 Å². The van der Waals surface area contributed by atoms with Gasteiger partial charge in [-0.15, -0.1) is 0 Å². The number of hydrogen-bond donors (Lipinski definition) is 0. The van der Waals surface area contributed by atoms with Crippen LogP contribution in [0.15, 0.2) is 46.6 Å². The van der Waals surface area contributed by atoms with E-state index in [1.54, 1.807) is 11.1 Å². The van der Waals surface area contributed by atoms with Crippen LogP contribution in [0, 0.1) is 0 Å². The quantitative estimate of drug-likeness (QED) is 0.421. The van der Waals surface area contributed by atoms with Crippen LogP contribution in [0.4, 0.5) is 0 Å². The van der Waals surface area contributed by atoms with Gasteiger partial charge in [0.25, 0.3) is 0 Å². The van der Waals surface area contributed by atoms with E-state index in [2.05, 4.69) is 38.2 Å². The Morgan fingerprint density at radius 1 is 0.457 bits per heavy atom. The van der Waals surface area contributed by atoms with Gasteiger partial charge in [0.15, 0.2) is 0 Å². The van der Waals surface area contributed by atoms with Crippen LogP contribution in [0.2, 0.25) is 6.25 Å². The zero-order chi connectivity index (χ0) is 23.0. The van der Waals surface area contributed by atoms with Crippen LogP contribution >= 0.6 is 0 Å². The Balaban J connectivity index is 0.00000216. The summed E-state index contributed by atoms with van der Waals surface area (Å²) < 4.78 is 0.849. The fourth-order valence-corrected chi connectivity index (χ4v) is 12.7. The molecule has 0 spiro atoms. The first kappa shape index (κ1) is 31.6. The van der Waals surface area contributed by atoms with Crippen molar-refractivity contribution in [3.8, 4) is 0 Å². The van der Waals surface area contributed by atoms with Gasteiger partial charge in [-0.25, -0.2) is 0 Å². The summed E-state index contributed by atoms with van der Waals surface area (Å²) in [5.74, 6) is 0. The van der Waals surface area contributed by atoms with E-state index >= 15 is 0 Å². The maximum atomic E-state index is 2.70. The molecule has 4 aliphatic carbocycles. The summed E-state index contributed by atoms with van der Waals surface area (Å²) in [4.78, 5) is 0. The van der Waals surface area contributed by atoms with Crippen LogP contribution in [0.1, 0.15) is 142 Å². The Morgan fingerprint density at radius 2 is 0.743 bits per heavy atom. The standard InChI is InChI=1S/2C16H25.2ClH.Zr/c2*1-14-12-13-15-10-8-6-4-2-3-5-7-9-11-16(14)15;;;/h2*12-13H,2-11H2,1H3;2*1H;/q;;;;+2/p-2. The van der Waals surface area contributed by atoms with Crippen molar-refractivity contribution in [3.63, 3.8) is 0 Å². The molecule has 0 N–H and O–H groups in total. The molecule has 0 heterocycles. The molecule has 0 saturated heterocycles. The Bertz CT molecular complexity index is 712. The van der Waals surface area contributed by atoms with E-state index in [9.17, 15) is 0 Å². The van der Waals surface area contributed by atoms with Gasteiger partial charge in [0, 0.05) is 0 Å². The molecular formula is C32H50Cl2Zr. The van der Waals surface area contributed by atoms with Gasteiger partial charge in [0.05, 0.1) is 0 Å². The Kier molecular flexibility index (Phi) is 14.2. The van der Waals surface area contributed by atoms with Gasteiger partial charge < -0.3 is 24.8 Å². The molecule has 0 aliphatic heterocycles. The molecule has 0 aromatic carbocycles. The topological polar surface area (TPSA) is 0 Å². The molecule has 196 valence electrons. The largest absolute Gasteiger partial charge is 1.00 e. The maximum Gasteiger partial charge on any atom is -1.00 e. The molecule has 0 amide bonds. The fourth-order valence-electron chi connectivity index (χ4n) is 7.04. The zero-order valence-corrected chi connectivity index (χ0v) is 26.7. The Morgan fingerprint density at radius 3 is 1.09 bits per heavy atom. The first-order valence-corrected chi connectivity index (χ1v) is 17.2. The molecule has 0 aromatic heterocycles. The Labute approximate surface area is 241 Å². The number of hydrogen-bond acceptors (Lipinski definition) is 0. The van der Waals surface area contributed by atoms with Crippen molar-refractivity contribution in [3.05, 3.63) is 46.6 Å². The first-order chi connectivity index (χ1) is 16.1. The molecule has 0 fully saturated rings. The summed E-state index contributed by atoms with van der Waals surface area (Å²) in [6.07, 6.45) is 39.2. The van der Waals surface area contributed by atoms with E-state index in [1.165, 1.54) is 128 Å². The number of rotatable bonds is 2. The minimum Gasteiger partial charge on any atom is -1.00 e. The van der Waals surface area contributed by atoms with Crippen molar-refractivity contribution in [2.75, 3.05) is 0 Å². The predicted molar refractivity (Wildman–Crippen MR) is 141 cm³/mol. The van der Waals surface area contributed by atoms with Gasteiger partial charge >= 0.3 is 218 Å². The van der Waals surface area contributed by atoms with Gasteiger partial charge in [-0.1, -0.05) is 0 Å². The number of allylic oxidation sites excluding steroid dienone is 8. The third kappa shape index (κ3) is 8.72. The summed E-state index contributed by atoms with van der Waals surface area (Å²) in [5, 5.41) is 0. The fraction of sp³-hybridized carbons (Fsp3) is 0.750. The summed E-state index contributed by atoms with van der Waals surface area (Å²) in [7, 11) is 0. The van der Waals surface area contributed by atoms with Crippen molar-refractivity contribution in [2.45, 2.75) is 149 Å². The van der Waals surface area contributed by atoms with Crippen LogP contribution in [-0.2, 0) is 23.2 Å². The van der Waals surface area contributed by atoms with E-state index in [0.717, 1.165) is 0 Å². The third-order valence-electron chi connectivity index (χ3n) is 9.03. The summed E-state index contributed by atoms with van der Waals surface area (Å²) >= 11 is -0.745. The molecule has 35 heavy (non-hydrogen) atoms. The van der Waals surface area contributed by atoms with E-state index in [4.69, 9.17) is 0 Å². The molecule has 3 heteroatoms. The van der Waals surface area contributed by atoms with Crippen molar-refractivity contribution < 1.29 is 48.0 Å². The zero-order valence-electron chi connectivity index (χ0n) is 22.7. The van der Waals surface area contributed by atoms with E-state index in [1.807, 2.05) is 11.1 Å². The molecule has 2 atom stereocenters. The van der Waals surface area contributed by atoms with E-state index in [-0.39, 0.29) is 24.8 Å². The maximum absolute atomic E-state index is 2.70. The van der Waals surface area contributed by atoms with Gasteiger partial charge in [0.1, 0.15) is 0 Å². The van der Waals surface area contributed by atoms with Crippen molar-refractivity contribution in [2.24, 2.45) is 0 Å². The first-order valence-electron chi connectivity index (χ1n) is 14.7. The minimum atomic E-state index is -0.745. The van der Waals surface area contributed by atoms with Crippen LogP contribution in [0.5, 0.6) is 0 Å². The average molecular weight is 597 g/mol. The van der Waals surface area contributed by atoms with Gasteiger partial charge in [-0.05, 0) is 0 Å². The monoisotopic (exact) mass is 594 g/mol. The van der Waals surface area contributed by atoms with Crippen LogP contribution in [0.3, 0.4) is 0 Å². The average Bonchev–Trinajstić information content (AvgIpc) is 3.24. The SMILES string of the molecule is C[C]1([Zr+2][C]2(C)C=CC3=C2CCCCCCCCCC3)C=CC2=C1CCCCCCCCCC2.[Cl-].[Cl-]. The van der Waals surface area contributed by atoms with Crippen LogP contribution in [0.25, 0.3) is 0 Å². The molecule has 0 bridgehead atoms. The Hall–Kier alpha value is 0.423. The summed E-state index contributed by atoms with van der Waals surface area (Å²) in [6, 6.07) is 0. The van der Waals surface area contributed by atoms with Crippen molar-refractivity contribution in [1.29, 1.82) is 0 Å². The molecule has 4 aliphatic rings. The minimum absolute atomic E-state index is 0. The smallest absolute Gasteiger partial charge is 1.00 e. The molecule has 0 radical (unpaired) electrons. The second-order valence-corrected chi connectivity index (χ2v) is 17.6. The second kappa shape index (κ2) is 15.7. The molecule has 0 aromatic rings. The molecule has 0 nitrogen and oxygen atoms in total. The molecule has 0 saturated carbocycles. The van der Waals surface area contributed by atoms with Crippen molar-refractivity contribution >= 4 is 0 Å². The van der Waals surface area contributed by atoms with Gasteiger partial charge in [-0.2, -0.15) is 0 Å². The predicted octanol–water partition coefficient (Wildman–Crippen LogP) is 5.00. The summed E-state index contributed by atoms with van der Waals surface area (Å²) in [6.45, 7) is 5.33. The molecule has 2 unspecified atom stereocenters. The third-order valence-corrected chi connectivity index (χ3v) is 13.9. The molecular weight excluding hydrogens is 546 g/mol.